The van der Waals surface area contributed by atoms with Gasteiger partial charge in [0, 0.05) is 0 Å². The first-order chi connectivity index (χ1) is 5.25. The molecule has 0 spiro atoms. The highest BCUT2D eigenvalue weighted by Crippen LogP contribution is 2.38. The Kier molecular flexibility index (Phi) is 2.12. The lowest BCUT2D eigenvalue weighted by molar-refractivity contribution is 1.04. The van der Waals surface area contributed by atoms with E-state index in [0.29, 0.717) is 9.31 Å². The van der Waals surface area contributed by atoms with E-state index in [4.69, 9.17) is 11.6 Å². The molecule has 0 aliphatic carbocycles. The largest absolute Gasteiger partial charge is 0.229 e. The molecule has 0 aromatic carbocycles. The first-order valence-corrected chi connectivity index (χ1v) is 5.39. The third-order valence-corrected chi connectivity index (χ3v) is 3.62. The maximum Gasteiger partial charge on any atom is 0.130 e. The van der Waals surface area contributed by atoms with Gasteiger partial charge in [-0.2, -0.15) is 0 Å². The van der Waals surface area contributed by atoms with Gasteiger partial charge in [0.25, 0.3) is 0 Å². The number of hydrogen-bond donors (Lipinski definition) is 0. The van der Waals surface area contributed by atoms with Crippen molar-refractivity contribution in [2.45, 2.75) is 15.6 Å². The number of rotatable bonds is 0. The zero-order valence-corrected chi connectivity index (χ0v) is 8.71. The van der Waals surface area contributed by atoms with Crippen LogP contribution < -0.4 is 0 Å². The summed E-state index contributed by atoms with van der Waals surface area (Å²) in [6, 6.07) is 3.88. The molecule has 58 valence electrons. The zero-order chi connectivity index (χ0) is 7.84. The van der Waals surface area contributed by atoms with Gasteiger partial charge in [-0.25, -0.2) is 4.98 Å². The van der Waals surface area contributed by atoms with Crippen LogP contribution in [0.3, 0.4) is 0 Å². The van der Waals surface area contributed by atoms with Crippen LogP contribution in [0, 0.1) is 0 Å². The van der Waals surface area contributed by atoms with Crippen molar-refractivity contribution in [2.24, 2.45) is 0 Å². The summed E-state index contributed by atoms with van der Waals surface area (Å²) in [4.78, 5) is 4.20. The monoisotopic (exact) mass is 249 g/mol. The number of alkyl halides is 1. The van der Waals surface area contributed by atoms with Crippen molar-refractivity contribution in [3.05, 3.63) is 22.8 Å². The van der Waals surface area contributed by atoms with Gasteiger partial charge in [-0.3, -0.25) is 0 Å². The van der Waals surface area contributed by atoms with Crippen molar-refractivity contribution in [3.8, 4) is 0 Å². The third-order valence-electron chi connectivity index (χ3n) is 1.53. The van der Waals surface area contributed by atoms with Crippen molar-refractivity contribution in [2.75, 3.05) is 0 Å². The molecule has 1 aromatic rings. The second-order valence-corrected chi connectivity index (χ2v) is 5.62. The second kappa shape index (κ2) is 2.96. The quantitative estimate of drug-likeness (QED) is 0.518. The fraction of sp³-hybridized carbons (Fsp3) is 0.286. The van der Waals surface area contributed by atoms with E-state index in [1.165, 1.54) is 5.56 Å². The maximum absolute atomic E-state index is 5.73. The molecule has 0 fully saturated rings. The summed E-state index contributed by atoms with van der Waals surface area (Å²) in [6.45, 7) is 0. The number of fused-ring (bicyclic) bond motifs is 1. The molecule has 2 rings (SSSR count). The van der Waals surface area contributed by atoms with Crippen LogP contribution in [0.25, 0.3) is 0 Å². The van der Waals surface area contributed by atoms with Gasteiger partial charge in [0.05, 0.1) is 4.16 Å². The Bertz CT molecular complexity index is 292. The summed E-state index contributed by atoms with van der Waals surface area (Å²) in [5.41, 5.74) is 1.29. The van der Waals surface area contributed by atoms with Crippen LogP contribution >= 0.6 is 39.3 Å². The van der Waals surface area contributed by atoms with E-state index in [1.54, 1.807) is 11.8 Å². The predicted molar refractivity (Wildman–Crippen MR) is 51.5 cm³/mol. The van der Waals surface area contributed by atoms with Gasteiger partial charge in [-0.1, -0.05) is 45.4 Å². The normalized spacial score (nSPS) is 21.8. The molecule has 0 N–H and O–H groups in total. The Morgan fingerprint density at radius 3 is 3.27 bits per heavy atom. The highest BCUT2D eigenvalue weighted by atomic mass is 79.9. The third kappa shape index (κ3) is 1.55. The molecule has 0 bridgehead atoms. The van der Waals surface area contributed by atoms with Crippen LogP contribution in [0.4, 0.5) is 0 Å². The lowest BCUT2D eigenvalue weighted by Gasteiger charge is -1.94. The number of nitrogens with zero attached hydrogens (tertiary/aromatic N) is 1. The molecule has 1 unspecified atom stereocenters. The SMILES string of the molecule is Clc1ccc2c(n1)SC(Br)C2. The minimum Gasteiger partial charge on any atom is -0.229 e. The number of pyridine rings is 1. The van der Waals surface area contributed by atoms with Crippen LogP contribution in [0.2, 0.25) is 5.15 Å². The lowest BCUT2D eigenvalue weighted by Crippen LogP contribution is -1.86. The molecule has 4 heteroatoms. The molecule has 0 saturated heterocycles. The number of thioether (sulfide) groups is 1. The van der Waals surface area contributed by atoms with E-state index < -0.39 is 0 Å². The fourth-order valence-electron chi connectivity index (χ4n) is 1.04. The molecule has 1 aliphatic heterocycles. The van der Waals surface area contributed by atoms with Gasteiger partial charge in [0.1, 0.15) is 10.2 Å². The topological polar surface area (TPSA) is 12.9 Å². The molecule has 0 saturated carbocycles. The molecular weight excluding hydrogens is 246 g/mol. The van der Waals surface area contributed by atoms with Gasteiger partial charge < -0.3 is 0 Å². The Morgan fingerprint density at radius 2 is 2.45 bits per heavy atom. The standard InChI is InChI=1S/C7H5BrClNS/c8-5-3-4-1-2-6(9)10-7(4)11-5/h1-2,5H,3H2. The average molecular weight is 251 g/mol. The second-order valence-electron chi connectivity index (χ2n) is 2.33. The van der Waals surface area contributed by atoms with Crippen LogP contribution in [0.15, 0.2) is 17.2 Å². The molecule has 0 radical (unpaired) electrons. The molecule has 1 atom stereocenters. The van der Waals surface area contributed by atoms with Crippen molar-refractivity contribution >= 4 is 39.3 Å². The Hall–Kier alpha value is 0.270. The minimum absolute atomic E-state index is 0.475. The molecule has 1 aromatic heterocycles. The number of hydrogen-bond acceptors (Lipinski definition) is 2. The molecule has 0 amide bonds. The van der Waals surface area contributed by atoms with E-state index in [-0.39, 0.29) is 0 Å². The molecule has 11 heavy (non-hydrogen) atoms. The summed E-state index contributed by atoms with van der Waals surface area (Å²) in [7, 11) is 0. The molecule has 1 aliphatic rings. The Labute approximate surface area is 82.7 Å². The van der Waals surface area contributed by atoms with Crippen LogP contribution in [0.5, 0.6) is 0 Å². The maximum atomic E-state index is 5.73. The highest BCUT2D eigenvalue weighted by molar-refractivity contribution is 9.11. The Balaban J connectivity index is 2.43. The van der Waals surface area contributed by atoms with Gasteiger partial charge in [0.2, 0.25) is 0 Å². The van der Waals surface area contributed by atoms with Gasteiger partial charge in [0.15, 0.2) is 0 Å². The van der Waals surface area contributed by atoms with Gasteiger partial charge in [-0.15, -0.1) is 0 Å². The smallest absolute Gasteiger partial charge is 0.130 e. The van der Waals surface area contributed by atoms with Crippen molar-refractivity contribution < 1.29 is 0 Å². The lowest BCUT2D eigenvalue weighted by atomic mass is 10.2. The van der Waals surface area contributed by atoms with Crippen molar-refractivity contribution in [3.63, 3.8) is 0 Å². The molecule has 2 heterocycles. The molecule has 1 nitrogen and oxygen atoms in total. The van der Waals surface area contributed by atoms with Crippen LogP contribution in [-0.4, -0.2) is 9.14 Å². The predicted octanol–water partition coefficient (Wildman–Crippen LogP) is 3.10. The van der Waals surface area contributed by atoms with E-state index in [9.17, 15) is 0 Å². The molecular formula is C7H5BrClNS. The minimum atomic E-state index is 0.475. The van der Waals surface area contributed by atoms with E-state index in [0.717, 1.165) is 11.4 Å². The van der Waals surface area contributed by atoms with Gasteiger partial charge >= 0.3 is 0 Å². The van der Waals surface area contributed by atoms with E-state index >= 15 is 0 Å². The zero-order valence-electron chi connectivity index (χ0n) is 5.55. The van der Waals surface area contributed by atoms with E-state index in [2.05, 4.69) is 20.9 Å². The first-order valence-electron chi connectivity index (χ1n) is 3.22. The van der Waals surface area contributed by atoms with E-state index in [1.807, 2.05) is 12.1 Å². The summed E-state index contributed by atoms with van der Waals surface area (Å²) in [5, 5.41) is 1.65. The van der Waals surface area contributed by atoms with Crippen LogP contribution in [-0.2, 0) is 6.42 Å². The van der Waals surface area contributed by atoms with Crippen LogP contribution in [0.1, 0.15) is 5.56 Å². The summed E-state index contributed by atoms with van der Waals surface area (Å²) in [6.07, 6.45) is 1.05. The van der Waals surface area contributed by atoms with Crippen molar-refractivity contribution in [1.82, 2.24) is 4.98 Å². The fourth-order valence-corrected chi connectivity index (χ4v) is 3.08. The highest BCUT2D eigenvalue weighted by Gasteiger charge is 2.20. The first kappa shape index (κ1) is 7.90. The summed E-state index contributed by atoms with van der Waals surface area (Å²) >= 11 is 11.0. The summed E-state index contributed by atoms with van der Waals surface area (Å²) < 4.78 is 0.475. The number of halogens is 2. The number of aromatic nitrogens is 1. The van der Waals surface area contributed by atoms with Crippen molar-refractivity contribution in [1.29, 1.82) is 0 Å². The van der Waals surface area contributed by atoms with Gasteiger partial charge in [-0.05, 0) is 18.1 Å². The Morgan fingerprint density at radius 1 is 1.64 bits per heavy atom. The average Bonchev–Trinajstić information content (AvgIpc) is 2.27. The summed E-state index contributed by atoms with van der Waals surface area (Å²) in [5.74, 6) is 0.